The van der Waals surface area contributed by atoms with E-state index in [0.717, 1.165) is 0 Å². The van der Waals surface area contributed by atoms with Crippen molar-refractivity contribution in [2.24, 2.45) is 0 Å². The van der Waals surface area contributed by atoms with Crippen molar-refractivity contribution < 1.29 is 46.8 Å². The van der Waals surface area contributed by atoms with E-state index in [1.807, 2.05) is 0 Å². The molecular formula is C34H30F2O8. The van der Waals surface area contributed by atoms with Crippen LogP contribution in [0.1, 0.15) is 32.8 Å². The third-order valence-electron chi connectivity index (χ3n) is 5.65. The summed E-state index contributed by atoms with van der Waals surface area (Å²) in [6, 6.07) is 15.6. The minimum Gasteiger partial charge on any atom is -0.490 e. The maximum atomic E-state index is 13.0. The average Bonchev–Trinajstić information content (AvgIpc) is 2.99. The highest BCUT2D eigenvalue weighted by molar-refractivity contribution is 5.91. The molecule has 0 aliphatic heterocycles. The first-order valence-corrected chi connectivity index (χ1v) is 13.3. The second-order valence-electron chi connectivity index (χ2n) is 9.29. The van der Waals surface area contributed by atoms with Crippen LogP contribution in [0.15, 0.2) is 103 Å². The molecule has 0 aliphatic rings. The molecule has 3 aromatic carbocycles. The molecule has 10 heteroatoms. The third-order valence-corrected chi connectivity index (χ3v) is 5.65. The molecule has 0 N–H and O–H groups in total. The van der Waals surface area contributed by atoms with Gasteiger partial charge in [-0.25, -0.2) is 9.59 Å². The van der Waals surface area contributed by atoms with Crippen molar-refractivity contribution in [3.05, 3.63) is 109 Å². The van der Waals surface area contributed by atoms with Gasteiger partial charge in [-0.2, -0.15) is 8.78 Å². The zero-order valence-electron chi connectivity index (χ0n) is 24.4. The number of ether oxygens (including phenoxy) is 5. The molecule has 0 atom stereocenters. The minimum absolute atomic E-state index is 0.0269. The van der Waals surface area contributed by atoms with Gasteiger partial charge in [-0.05, 0) is 74.0 Å². The number of hydrogen-bond donors (Lipinski definition) is 0. The molecule has 0 heterocycles. The van der Waals surface area contributed by atoms with Crippen LogP contribution in [0.25, 0.3) is 17.2 Å². The van der Waals surface area contributed by atoms with Crippen LogP contribution in [0.3, 0.4) is 0 Å². The SMILES string of the molecule is C=C(C)C(=O)Oc1ccc(-c2cc(OC=C(F)F)c(/C=C/COc3ccc(OC(=O)CC)cc3)cc2OC(=O)C(=C)C)cc1. The van der Waals surface area contributed by atoms with Gasteiger partial charge in [0.15, 0.2) is 6.26 Å². The van der Waals surface area contributed by atoms with E-state index in [-0.39, 0.29) is 47.4 Å². The molecule has 0 saturated carbocycles. The van der Waals surface area contributed by atoms with Gasteiger partial charge in [0.05, 0.1) is 0 Å². The Kier molecular flexibility index (Phi) is 11.7. The number of carbonyl (C=O) groups excluding carboxylic acids is 3. The summed E-state index contributed by atoms with van der Waals surface area (Å²) < 4.78 is 52.8. The maximum Gasteiger partial charge on any atom is 0.338 e. The Hall–Kier alpha value is -5.51. The molecule has 0 saturated heterocycles. The average molecular weight is 605 g/mol. The second-order valence-corrected chi connectivity index (χ2v) is 9.29. The zero-order chi connectivity index (χ0) is 32.2. The van der Waals surface area contributed by atoms with Crippen molar-refractivity contribution >= 4 is 24.0 Å². The highest BCUT2D eigenvalue weighted by Gasteiger charge is 2.17. The largest absolute Gasteiger partial charge is 0.490 e. The molecule has 228 valence electrons. The molecule has 0 fully saturated rings. The molecule has 0 bridgehead atoms. The van der Waals surface area contributed by atoms with Gasteiger partial charge in [0, 0.05) is 28.7 Å². The Morgan fingerprint density at radius 2 is 1.34 bits per heavy atom. The molecular weight excluding hydrogens is 574 g/mol. The van der Waals surface area contributed by atoms with Crippen LogP contribution in [0.2, 0.25) is 0 Å². The molecule has 0 aromatic heterocycles. The van der Waals surface area contributed by atoms with Gasteiger partial charge < -0.3 is 23.7 Å². The Morgan fingerprint density at radius 3 is 1.93 bits per heavy atom. The quantitative estimate of drug-likeness (QED) is 0.0843. The van der Waals surface area contributed by atoms with Gasteiger partial charge in [-0.15, -0.1) is 0 Å². The number of halogens is 2. The molecule has 3 aromatic rings. The summed E-state index contributed by atoms with van der Waals surface area (Å²) in [5.74, 6) is -0.409. The maximum absolute atomic E-state index is 13.0. The van der Waals surface area contributed by atoms with Gasteiger partial charge >= 0.3 is 24.0 Å². The van der Waals surface area contributed by atoms with Gasteiger partial charge in [0.25, 0.3) is 0 Å². The van der Waals surface area contributed by atoms with Crippen LogP contribution in [0.5, 0.6) is 28.7 Å². The Morgan fingerprint density at radius 1 is 0.773 bits per heavy atom. The van der Waals surface area contributed by atoms with Crippen molar-refractivity contribution in [1.82, 2.24) is 0 Å². The highest BCUT2D eigenvalue weighted by Crippen LogP contribution is 2.38. The lowest BCUT2D eigenvalue weighted by Crippen LogP contribution is -2.09. The summed E-state index contributed by atoms with van der Waals surface area (Å²) in [5.41, 5.74) is 1.50. The molecule has 0 aliphatic carbocycles. The minimum atomic E-state index is -2.06. The number of esters is 3. The van der Waals surface area contributed by atoms with Crippen LogP contribution >= 0.6 is 0 Å². The lowest BCUT2D eigenvalue weighted by atomic mass is 10.0. The lowest BCUT2D eigenvalue weighted by molar-refractivity contribution is -0.134. The summed E-state index contributed by atoms with van der Waals surface area (Å²) in [6.07, 6.45) is 1.64. The van der Waals surface area contributed by atoms with Crippen LogP contribution < -0.4 is 23.7 Å². The van der Waals surface area contributed by atoms with E-state index in [4.69, 9.17) is 23.7 Å². The van der Waals surface area contributed by atoms with Gasteiger partial charge in [-0.1, -0.05) is 38.3 Å². The standard InChI is InChI=1S/C34H30F2O8/c1-6-32(37)42-26-15-13-25(14-16-26)40-17-7-8-24-18-30(44-34(39)22(4)5)28(19-29(24)41-20-31(35)36)23-9-11-27(12-10-23)43-33(38)21(2)3/h7-16,18-20H,2,4,6,17H2,1,3,5H3/b8-7+. The summed E-state index contributed by atoms with van der Waals surface area (Å²) in [5, 5.41) is 0. The van der Waals surface area contributed by atoms with E-state index in [0.29, 0.717) is 34.5 Å². The van der Waals surface area contributed by atoms with Crippen molar-refractivity contribution in [3.8, 4) is 39.9 Å². The van der Waals surface area contributed by atoms with Crippen LogP contribution in [0, 0.1) is 0 Å². The normalized spacial score (nSPS) is 10.5. The number of carbonyl (C=O) groups is 3. The first-order chi connectivity index (χ1) is 21.0. The monoisotopic (exact) mass is 604 g/mol. The lowest BCUT2D eigenvalue weighted by Gasteiger charge is -2.15. The Balaban J connectivity index is 1.92. The van der Waals surface area contributed by atoms with Crippen molar-refractivity contribution in [1.29, 1.82) is 0 Å². The number of hydrogen-bond acceptors (Lipinski definition) is 8. The fourth-order valence-corrected chi connectivity index (χ4v) is 3.44. The molecule has 8 nitrogen and oxygen atoms in total. The number of benzene rings is 3. The smallest absolute Gasteiger partial charge is 0.338 e. The predicted octanol–water partition coefficient (Wildman–Crippen LogP) is 7.84. The molecule has 0 amide bonds. The number of rotatable bonds is 13. The molecule has 44 heavy (non-hydrogen) atoms. The molecule has 3 rings (SSSR count). The predicted molar refractivity (Wildman–Crippen MR) is 161 cm³/mol. The summed E-state index contributed by atoms with van der Waals surface area (Å²) in [7, 11) is 0. The van der Waals surface area contributed by atoms with E-state index >= 15 is 0 Å². The van der Waals surface area contributed by atoms with E-state index in [2.05, 4.69) is 13.2 Å². The van der Waals surface area contributed by atoms with Gasteiger partial charge in [0.1, 0.15) is 35.4 Å². The van der Waals surface area contributed by atoms with Crippen LogP contribution in [0.4, 0.5) is 8.78 Å². The van der Waals surface area contributed by atoms with Gasteiger partial charge in [0.2, 0.25) is 0 Å². The summed E-state index contributed by atoms with van der Waals surface area (Å²) >= 11 is 0. The fraction of sp³-hybridized carbons (Fsp3) is 0.147. The van der Waals surface area contributed by atoms with E-state index in [9.17, 15) is 23.2 Å². The summed E-state index contributed by atoms with van der Waals surface area (Å²) in [4.78, 5) is 35.8. The first-order valence-electron chi connectivity index (χ1n) is 13.3. The van der Waals surface area contributed by atoms with Crippen molar-refractivity contribution in [2.75, 3.05) is 6.61 Å². The van der Waals surface area contributed by atoms with Gasteiger partial charge in [-0.3, -0.25) is 4.79 Å². The Bertz CT molecular complexity index is 1600. The van der Waals surface area contributed by atoms with E-state index in [1.165, 1.54) is 38.1 Å². The molecule has 0 radical (unpaired) electrons. The zero-order valence-corrected chi connectivity index (χ0v) is 24.4. The summed E-state index contributed by atoms with van der Waals surface area (Å²) in [6.45, 7) is 11.9. The highest BCUT2D eigenvalue weighted by atomic mass is 19.3. The third kappa shape index (κ3) is 9.80. The Labute approximate surface area is 253 Å². The molecule has 0 spiro atoms. The topological polar surface area (TPSA) is 97.4 Å². The van der Waals surface area contributed by atoms with Crippen molar-refractivity contribution in [2.45, 2.75) is 27.2 Å². The second kappa shape index (κ2) is 15.6. The van der Waals surface area contributed by atoms with E-state index in [1.54, 1.807) is 55.5 Å². The fourth-order valence-electron chi connectivity index (χ4n) is 3.44. The van der Waals surface area contributed by atoms with E-state index < -0.39 is 18.0 Å². The first kappa shape index (κ1) is 33.0. The molecule has 0 unspecified atom stereocenters. The van der Waals surface area contributed by atoms with Crippen LogP contribution in [-0.4, -0.2) is 24.5 Å². The van der Waals surface area contributed by atoms with Crippen LogP contribution in [-0.2, 0) is 14.4 Å². The van der Waals surface area contributed by atoms with Crippen molar-refractivity contribution in [3.63, 3.8) is 0 Å².